The predicted molar refractivity (Wildman–Crippen MR) is 75.0 cm³/mol. The molecular weight excluding hydrogens is 288 g/mol. The first-order chi connectivity index (χ1) is 8.87. The van der Waals surface area contributed by atoms with Gasteiger partial charge in [-0.3, -0.25) is 4.79 Å². The molecule has 2 rings (SSSR count). The number of hydrogen-bond acceptors (Lipinski definition) is 4. The summed E-state index contributed by atoms with van der Waals surface area (Å²) in [6.07, 6.45) is 0.877. The van der Waals surface area contributed by atoms with E-state index in [9.17, 15) is 13.2 Å². The first-order valence-electron chi connectivity index (χ1n) is 5.94. The van der Waals surface area contributed by atoms with E-state index in [-0.39, 0.29) is 23.5 Å². The minimum Gasteiger partial charge on any atom is -0.399 e. The topological polar surface area (TPSA) is 89.3 Å². The summed E-state index contributed by atoms with van der Waals surface area (Å²) in [6, 6.07) is 4.56. The summed E-state index contributed by atoms with van der Waals surface area (Å²) in [6.45, 7) is 0. The fourth-order valence-electron chi connectivity index (χ4n) is 2.01. The Bertz CT molecular complexity index is 587. The summed E-state index contributed by atoms with van der Waals surface area (Å²) < 4.78 is 22.6. The van der Waals surface area contributed by atoms with Crippen LogP contribution in [0.2, 0.25) is 5.02 Å². The van der Waals surface area contributed by atoms with Crippen LogP contribution in [0.4, 0.5) is 5.69 Å². The van der Waals surface area contributed by atoms with Crippen molar-refractivity contribution in [2.45, 2.75) is 18.9 Å². The standard InChI is InChI=1S/C12H15ClN2O3S/c13-11-2-1-8(14)7-10(11)12(16)15-9-3-5-19(17,18)6-4-9/h1-2,7,9H,3-6,14H2,(H,15,16). The number of nitrogens with two attached hydrogens (primary N) is 1. The quantitative estimate of drug-likeness (QED) is 0.804. The third-order valence-electron chi connectivity index (χ3n) is 3.12. The molecule has 0 aromatic heterocycles. The van der Waals surface area contributed by atoms with Crippen molar-refractivity contribution in [1.29, 1.82) is 0 Å². The molecule has 3 N–H and O–H groups in total. The van der Waals surface area contributed by atoms with Gasteiger partial charge in [-0.25, -0.2) is 8.42 Å². The van der Waals surface area contributed by atoms with Crippen molar-refractivity contribution >= 4 is 33.0 Å². The lowest BCUT2D eigenvalue weighted by molar-refractivity contribution is 0.0934. The highest BCUT2D eigenvalue weighted by molar-refractivity contribution is 7.91. The molecular formula is C12H15ClN2O3S. The molecule has 104 valence electrons. The molecule has 1 saturated heterocycles. The van der Waals surface area contributed by atoms with E-state index in [1.165, 1.54) is 6.07 Å². The Morgan fingerprint density at radius 2 is 1.95 bits per heavy atom. The number of nitrogen functional groups attached to an aromatic ring is 1. The van der Waals surface area contributed by atoms with Crippen molar-refractivity contribution in [3.63, 3.8) is 0 Å². The van der Waals surface area contributed by atoms with Crippen LogP contribution in [-0.2, 0) is 9.84 Å². The molecule has 1 aromatic rings. The van der Waals surface area contributed by atoms with Crippen molar-refractivity contribution in [2.24, 2.45) is 0 Å². The first kappa shape index (κ1) is 14.1. The van der Waals surface area contributed by atoms with Crippen LogP contribution in [0.3, 0.4) is 0 Å². The lowest BCUT2D eigenvalue weighted by Gasteiger charge is -2.23. The summed E-state index contributed by atoms with van der Waals surface area (Å²) in [4.78, 5) is 12.0. The maximum Gasteiger partial charge on any atom is 0.253 e. The molecule has 19 heavy (non-hydrogen) atoms. The minimum atomic E-state index is -2.93. The van der Waals surface area contributed by atoms with Gasteiger partial charge in [-0.15, -0.1) is 0 Å². The van der Waals surface area contributed by atoms with Crippen molar-refractivity contribution in [3.05, 3.63) is 28.8 Å². The highest BCUT2D eigenvalue weighted by Crippen LogP contribution is 2.20. The lowest BCUT2D eigenvalue weighted by atomic mass is 10.1. The van der Waals surface area contributed by atoms with Gasteiger partial charge in [-0.1, -0.05) is 11.6 Å². The van der Waals surface area contributed by atoms with E-state index < -0.39 is 9.84 Å². The van der Waals surface area contributed by atoms with Gasteiger partial charge in [-0.05, 0) is 31.0 Å². The summed E-state index contributed by atoms with van der Waals surface area (Å²) in [7, 11) is -2.93. The molecule has 1 amide bonds. The van der Waals surface area contributed by atoms with Crippen LogP contribution < -0.4 is 11.1 Å². The highest BCUT2D eigenvalue weighted by Gasteiger charge is 2.25. The molecule has 5 nitrogen and oxygen atoms in total. The lowest BCUT2D eigenvalue weighted by Crippen LogP contribution is -2.40. The number of halogens is 1. The molecule has 0 spiro atoms. The van der Waals surface area contributed by atoms with Crippen LogP contribution >= 0.6 is 11.6 Å². The Kier molecular flexibility index (Phi) is 4.01. The number of nitrogens with one attached hydrogen (secondary N) is 1. The van der Waals surface area contributed by atoms with Crippen molar-refractivity contribution in [1.82, 2.24) is 5.32 Å². The van der Waals surface area contributed by atoms with Gasteiger partial charge in [0, 0.05) is 11.7 Å². The number of benzene rings is 1. The molecule has 1 aliphatic heterocycles. The normalized spacial score (nSPS) is 19.0. The predicted octanol–water partition coefficient (Wildman–Crippen LogP) is 1.23. The Labute approximate surface area is 117 Å². The Morgan fingerprint density at radius 1 is 1.32 bits per heavy atom. The Balaban J connectivity index is 2.04. The fraction of sp³-hybridized carbons (Fsp3) is 0.417. The van der Waals surface area contributed by atoms with Gasteiger partial charge < -0.3 is 11.1 Å². The number of anilines is 1. The van der Waals surface area contributed by atoms with Gasteiger partial charge in [0.2, 0.25) is 0 Å². The van der Waals surface area contributed by atoms with Gasteiger partial charge in [0.15, 0.2) is 0 Å². The third kappa shape index (κ3) is 3.61. The van der Waals surface area contributed by atoms with Gasteiger partial charge in [0.25, 0.3) is 5.91 Å². The van der Waals surface area contributed by atoms with Crippen LogP contribution in [0.15, 0.2) is 18.2 Å². The van der Waals surface area contributed by atoms with Gasteiger partial charge in [0.1, 0.15) is 9.84 Å². The first-order valence-corrected chi connectivity index (χ1v) is 8.14. The van der Waals surface area contributed by atoms with E-state index in [1.54, 1.807) is 12.1 Å². The second-order valence-electron chi connectivity index (χ2n) is 4.64. The van der Waals surface area contributed by atoms with E-state index in [1.807, 2.05) is 0 Å². The summed E-state index contributed by atoms with van der Waals surface area (Å²) >= 11 is 5.94. The minimum absolute atomic E-state index is 0.114. The van der Waals surface area contributed by atoms with Gasteiger partial charge >= 0.3 is 0 Å². The number of amides is 1. The monoisotopic (exact) mass is 302 g/mol. The average molecular weight is 303 g/mol. The SMILES string of the molecule is Nc1ccc(Cl)c(C(=O)NC2CCS(=O)(=O)CC2)c1. The second kappa shape index (κ2) is 5.38. The van der Waals surface area contributed by atoms with Crippen LogP contribution in [0, 0.1) is 0 Å². The largest absolute Gasteiger partial charge is 0.399 e. The second-order valence-corrected chi connectivity index (χ2v) is 7.35. The van der Waals surface area contributed by atoms with Crippen LogP contribution in [0.5, 0.6) is 0 Å². The van der Waals surface area contributed by atoms with E-state index in [4.69, 9.17) is 17.3 Å². The van der Waals surface area contributed by atoms with Gasteiger partial charge in [0.05, 0.1) is 22.1 Å². The maximum absolute atomic E-state index is 12.0. The van der Waals surface area contributed by atoms with Crippen molar-refractivity contribution < 1.29 is 13.2 Å². The average Bonchev–Trinajstić information content (AvgIpc) is 2.35. The Morgan fingerprint density at radius 3 is 2.58 bits per heavy atom. The van der Waals surface area contributed by atoms with E-state index in [2.05, 4.69) is 5.32 Å². The summed E-state index contributed by atoms with van der Waals surface area (Å²) in [5.74, 6) is -0.0906. The fourth-order valence-corrected chi connectivity index (χ4v) is 3.71. The third-order valence-corrected chi connectivity index (χ3v) is 5.17. The summed E-state index contributed by atoms with van der Waals surface area (Å²) in [5, 5.41) is 3.13. The number of carbonyl (C=O) groups excluding carboxylic acids is 1. The number of carbonyl (C=O) groups is 1. The molecule has 0 bridgehead atoms. The highest BCUT2D eigenvalue weighted by atomic mass is 35.5. The molecule has 1 aromatic carbocycles. The molecule has 0 radical (unpaired) electrons. The number of rotatable bonds is 2. The molecule has 7 heteroatoms. The smallest absolute Gasteiger partial charge is 0.253 e. The van der Waals surface area contributed by atoms with E-state index in [0.717, 1.165) is 0 Å². The molecule has 0 unspecified atom stereocenters. The maximum atomic E-state index is 12.0. The zero-order chi connectivity index (χ0) is 14.0. The van der Waals surface area contributed by atoms with E-state index >= 15 is 0 Å². The van der Waals surface area contributed by atoms with Crippen molar-refractivity contribution in [2.75, 3.05) is 17.2 Å². The van der Waals surface area contributed by atoms with E-state index in [0.29, 0.717) is 29.1 Å². The molecule has 0 aliphatic carbocycles. The van der Waals surface area contributed by atoms with Crippen LogP contribution in [0.25, 0.3) is 0 Å². The van der Waals surface area contributed by atoms with Gasteiger partial charge in [-0.2, -0.15) is 0 Å². The molecule has 0 saturated carbocycles. The zero-order valence-electron chi connectivity index (χ0n) is 10.2. The summed E-state index contributed by atoms with van der Waals surface area (Å²) in [5.41, 5.74) is 6.39. The zero-order valence-corrected chi connectivity index (χ0v) is 11.8. The molecule has 1 fully saturated rings. The Hall–Kier alpha value is -1.27. The molecule has 1 aliphatic rings. The van der Waals surface area contributed by atoms with Crippen LogP contribution in [-0.4, -0.2) is 31.9 Å². The van der Waals surface area contributed by atoms with Crippen LogP contribution in [0.1, 0.15) is 23.2 Å². The van der Waals surface area contributed by atoms with Crippen molar-refractivity contribution in [3.8, 4) is 0 Å². The number of sulfone groups is 1. The molecule has 0 atom stereocenters. The molecule has 1 heterocycles. The number of hydrogen-bond donors (Lipinski definition) is 2.